The number of nitrogens with zero attached hydrogens (tertiary/aromatic N) is 1. The van der Waals surface area contributed by atoms with Crippen LogP contribution >= 0.6 is 0 Å². The van der Waals surface area contributed by atoms with Crippen molar-refractivity contribution in [3.05, 3.63) is 0 Å². The summed E-state index contributed by atoms with van der Waals surface area (Å²) in [5, 5.41) is 2.89. The third-order valence-corrected chi connectivity index (χ3v) is 3.17. The molecule has 4 nitrogen and oxygen atoms in total. The van der Waals surface area contributed by atoms with Gasteiger partial charge in [-0.3, -0.25) is 9.59 Å². The average Bonchev–Trinajstić information content (AvgIpc) is 2.26. The van der Waals surface area contributed by atoms with Crippen molar-refractivity contribution in [1.29, 1.82) is 0 Å². The van der Waals surface area contributed by atoms with Crippen molar-refractivity contribution in [2.24, 2.45) is 5.92 Å². The van der Waals surface area contributed by atoms with Gasteiger partial charge < -0.3 is 10.2 Å². The van der Waals surface area contributed by atoms with Gasteiger partial charge >= 0.3 is 0 Å². The molecule has 0 bridgehead atoms. The van der Waals surface area contributed by atoms with Crippen molar-refractivity contribution in [2.75, 3.05) is 13.1 Å². The van der Waals surface area contributed by atoms with Crippen molar-refractivity contribution in [3.8, 4) is 0 Å². The van der Waals surface area contributed by atoms with Gasteiger partial charge in [0.25, 0.3) is 0 Å². The van der Waals surface area contributed by atoms with Crippen molar-refractivity contribution in [3.63, 3.8) is 0 Å². The fourth-order valence-electron chi connectivity index (χ4n) is 2.07. The minimum atomic E-state index is -0.0113. The Morgan fingerprint density at radius 1 is 1.50 bits per heavy atom. The lowest BCUT2D eigenvalue weighted by molar-refractivity contribution is -0.137. The highest BCUT2D eigenvalue weighted by Crippen LogP contribution is 2.14. The lowest BCUT2D eigenvalue weighted by Gasteiger charge is -2.34. The summed E-state index contributed by atoms with van der Waals surface area (Å²) in [7, 11) is 0. The van der Waals surface area contributed by atoms with Crippen molar-refractivity contribution in [1.82, 2.24) is 10.2 Å². The Morgan fingerprint density at radius 2 is 2.19 bits per heavy atom. The van der Waals surface area contributed by atoms with E-state index in [2.05, 4.69) is 5.32 Å². The van der Waals surface area contributed by atoms with Crippen LogP contribution < -0.4 is 5.32 Å². The van der Waals surface area contributed by atoms with Crippen LogP contribution in [0.3, 0.4) is 0 Å². The molecule has 4 heteroatoms. The van der Waals surface area contributed by atoms with Gasteiger partial charge in [-0.15, -0.1) is 0 Å². The number of likely N-dealkylation sites (tertiary alicyclic amines) is 1. The Morgan fingerprint density at radius 3 is 2.75 bits per heavy atom. The molecule has 0 aromatic carbocycles. The zero-order chi connectivity index (χ0) is 12.1. The predicted octanol–water partition coefficient (Wildman–Crippen LogP) is 1.16. The molecule has 0 spiro atoms. The van der Waals surface area contributed by atoms with E-state index in [1.165, 1.54) is 6.92 Å². The van der Waals surface area contributed by atoms with E-state index in [9.17, 15) is 9.59 Å². The van der Waals surface area contributed by atoms with Crippen LogP contribution in [0.25, 0.3) is 0 Å². The molecular formula is C12H22N2O2. The quantitative estimate of drug-likeness (QED) is 0.785. The topological polar surface area (TPSA) is 49.4 Å². The molecule has 1 fully saturated rings. The Balaban J connectivity index is 2.49. The van der Waals surface area contributed by atoms with Gasteiger partial charge in [-0.05, 0) is 19.3 Å². The molecule has 2 atom stereocenters. The fourth-order valence-corrected chi connectivity index (χ4v) is 2.07. The van der Waals surface area contributed by atoms with Crippen LogP contribution in [0.4, 0.5) is 0 Å². The third kappa shape index (κ3) is 3.51. The van der Waals surface area contributed by atoms with E-state index >= 15 is 0 Å². The Kier molecular flexibility index (Phi) is 4.77. The highest BCUT2D eigenvalue weighted by molar-refractivity contribution is 5.79. The standard InChI is InChI=1S/C12H22N2O2/c1-4-9(2)12(16)14-7-5-6-11(8-14)13-10(3)15/h9,11H,4-8H2,1-3H3,(H,13,15). The summed E-state index contributed by atoms with van der Waals surface area (Å²) in [6.07, 6.45) is 2.83. The van der Waals surface area contributed by atoms with Gasteiger partial charge in [0, 0.05) is 32.0 Å². The molecule has 1 rings (SSSR count). The lowest BCUT2D eigenvalue weighted by atomic mass is 10.0. The van der Waals surface area contributed by atoms with Crippen molar-refractivity contribution in [2.45, 2.75) is 46.1 Å². The van der Waals surface area contributed by atoms with Crippen LogP contribution in [0.5, 0.6) is 0 Å². The molecule has 1 aliphatic rings. The third-order valence-electron chi connectivity index (χ3n) is 3.17. The molecule has 0 saturated carbocycles. The van der Waals surface area contributed by atoms with E-state index in [1.54, 1.807) is 0 Å². The van der Waals surface area contributed by atoms with Crippen LogP contribution in [0.2, 0.25) is 0 Å². The summed E-state index contributed by atoms with van der Waals surface area (Å²) in [6, 6.07) is 0.138. The van der Waals surface area contributed by atoms with E-state index < -0.39 is 0 Å². The lowest BCUT2D eigenvalue weighted by Crippen LogP contribution is -2.50. The second-order valence-electron chi connectivity index (χ2n) is 4.63. The number of hydrogen-bond acceptors (Lipinski definition) is 2. The first-order chi connectivity index (χ1) is 7.54. The smallest absolute Gasteiger partial charge is 0.225 e. The second kappa shape index (κ2) is 5.87. The van der Waals surface area contributed by atoms with Crippen LogP contribution in [0.15, 0.2) is 0 Å². The number of carbonyl (C=O) groups is 2. The maximum atomic E-state index is 12.0. The number of piperidine rings is 1. The van der Waals surface area contributed by atoms with Crippen LogP contribution in [0, 0.1) is 5.92 Å². The zero-order valence-electron chi connectivity index (χ0n) is 10.5. The summed E-state index contributed by atoms with van der Waals surface area (Å²) < 4.78 is 0. The molecule has 1 saturated heterocycles. The number of nitrogens with one attached hydrogen (secondary N) is 1. The minimum absolute atomic E-state index is 0.0113. The molecule has 1 heterocycles. The first kappa shape index (κ1) is 13.0. The summed E-state index contributed by atoms with van der Waals surface area (Å²) in [5.41, 5.74) is 0. The van der Waals surface area contributed by atoms with Gasteiger partial charge in [-0.25, -0.2) is 0 Å². The van der Waals surface area contributed by atoms with Crippen LogP contribution in [-0.4, -0.2) is 35.8 Å². The molecular weight excluding hydrogens is 204 g/mol. The summed E-state index contributed by atoms with van der Waals surface area (Å²) in [4.78, 5) is 24.8. The summed E-state index contributed by atoms with van der Waals surface area (Å²) in [5.74, 6) is 0.302. The molecule has 0 aromatic rings. The van der Waals surface area contributed by atoms with Crippen molar-refractivity contribution < 1.29 is 9.59 Å². The van der Waals surface area contributed by atoms with Gasteiger partial charge in [-0.1, -0.05) is 13.8 Å². The maximum Gasteiger partial charge on any atom is 0.225 e. The maximum absolute atomic E-state index is 12.0. The molecule has 0 radical (unpaired) electrons. The Bertz CT molecular complexity index is 266. The normalized spacial score (nSPS) is 22.7. The summed E-state index contributed by atoms with van der Waals surface area (Å²) >= 11 is 0. The van der Waals surface area contributed by atoms with E-state index in [1.807, 2.05) is 18.7 Å². The molecule has 16 heavy (non-hydrogen) atoms. The van der Waals surface area contributed by atoms with E-state index in [4.69, 9.17) is 0 Å². The average molecular weight is 226 g/mol. The SMILES string of the molecule is CCC(C)C(=O)N1CCCC(NC(C)=O)C1. The van der Waals surface area contributed by atoms with Crippen molar-refractivity contribution >= 4 is 11.8 Å². The minimum Gasteiger partial charge on any atom is -0.352 e. The van der Waals surface area contributed by atoms with E-state index in [0.29, 0.717) is 6.54 Å². The zero-order valence-corrected chi connectivity index (χ0v) is 10.5. The second-order valence-corrected chi connectivity index (χ2v) is 4.63. The van der Waals surface area contributed by atoms with Gasteiger partial charge in [0.2, 0.25) is 11.8 Å². The molecule has 0 aliphatic carbocycles. The summed E-state index contributed by atoms with van der Waals surface area (Å²) in [6.45, 7) is 7.01. The molecule has 1 N–H and O–H groups in total. The Labute approximate surface area is 97.4 Å². The largest absolute Gasteiger partial charge is 0.352 e. The van der Waals surface area contributed by atoms with Crippen LogP contribution in [-0.2, 0) is 9.59 Å². The first-order valence-corrected chi connectivity index (χ1v) is 6.10. The number of hydrogen-bond donors (Lipinski definition) is 1. The highest BCUT2D eigenvalue weighted by atomic mass is 16.2. The van der Waals surface area contributed by atoms with E-state index in [0.717, 1.165) is 25.8 Å². The number of amides is 2. The van der Waals surface area contributed by atoms with Gasteiger partial charge in [0.05, 0.1) is 0 Å². The van der Waals surface area contributed by atoms with Gasteiger partial charge in [0.1, 0.15) is 0 Å². The predicted molar refractivity (Wildman–Crippen MR) is 62.9 cm³/mol. The van der Waals surface area contributed by atoms with E-state index in [-0.39, 0.29) is 23.8 Å². The molecule has 1 aliphatic heterocycles. The molecule has 2 unspecified atom stereocenters. The van der Waals surface area contributed by atoms with Gasteiger partial charge in [-0.2, -0.15) is 0 Å². The van der Waals surface area contributed by atoms with Gasteiger partial charge in [0.15, 0.2) is 0 Å². The Hall–Kier alpha value is -1.06. The molecule has 2 amide bonds. The molecule has 0 aromatic heterocycles. The first-order valence-electron chi connectivity index (χ1n) is 6.10. The number of carbonyl (C=O) groups excluding carboxylic acids is 2. The highest BCUT2D eigenvalue weighted by Gasteiger charge is 2.26. The fraction of sp³-hybridized carbons (Fsp3) is 0.833. The monoisotopic (exact) mass is 226 g/mol. The number of rotatable bonds is 3. The molecule has 92 valence electrons. The van der Waals surface area contributed by atoms with Crippen LogP contribution in [0.1, 0.15) is 40.0 Å².